The van der Waals surface area contributed by atoms with E-state index >= 15 is 0 Å². The predicted molar refractivity (Wildman–Crippen MR) is 73.1 cm³/mol. The van der Waals surface area contributed by atoms with E-state index in [1.54, 1.807) is 0 Å². The molecule has 0 fully saturated rings. The first-order valence-corrected chi connectivity index (χ1v) is 6.78. The maximum absolute atomic E-state index is 5.75. The molecule has 0 amide bonds. The number of nitrogens with zero attached hydrogens (tertiary/aromatic N) is 2. The quantitative estimate of drug-likeness (QED) is 0.792. The van der Waals surface area contributed by atoms with Crippen LogP contribution in [-0.2, 0) is 19.4 Å². The van der Waals surface area contributed by atoms with Crippen molar-refractivity contribution >= 4 is 0 Å². The second-order valence-electron chi connectivity index (χ2n) is 5.53. The maximum atomic E-state index is 5.75. The largest absolute Gasteiger partial charge is 0.330 e. The summed E-state index contributed by atoms with van der Waals surface area (Å²) < 4.78 is 2.17. The Kier molecular flexibility index (Phi) is 5.19. The van der Waals surface area contributed by atoms with Crippen molar-refractivity contribution in [1.82, 2.24) is 9.78 Å². The molecule has 1 heterocycles. The van der Waals surface area contributed by atoms with E-state index in [0.29, 0.717) is 0 Å². The molecular weight excluding hydrogens is 210 g/mol. The lowest BCUT2D eigenvalue weighted by molar-refractivity contribution is 0.322. The summed E-state index contributed by atoms with van der Waals surface area (Å²) in [6, 6.07) is 2.23. The van der Waals surface area contributed by atoms with Gasteiger partial charge in [0.1, 0.15) is 0 Å². The van der Waals surface area contributed by atoms with Gasteiger partial charge in [-0.1, -0.05) is 27.7 Å². The van der Waals surface area contributed by atoms with Crippen molar-refractivity contribution in [2.45, 2.75) is 59.9 Å². The molecule has 0 atom stereocenters. The Morgan fingerprint density at radius 2 is 2.00 bits per heavy atom. The molecule has 1 rings (SSSR count). The molecule has 2 N–H and O–H groups in total. The van der Waals surface area contributed by atoms with Gasteiger partial charge in [0.15, 0.2) is 0 Å². The highest BCUT2D eigenvalue weighted by Crippen LogP contribution is 2.21. The van der Waals surface area contributed by atoms with Crippen LogP contribution in [0.15, 0.2) is 6.07 Å². The van der Waals surface area contributed by atoms with Crippen molar-refractivity contribution in [3.8, 4) is 0 Å². The number of rotatable bonds is 7. The molecule has 0 aliphatic rings. The van der Waals surface area contributed by atoms with Crippen LogP contribution in [0.1, 0.15) is 51.9 Å². The zero-order valence-corrected chi connectivity index (χ0v) is 11.8. The molecule has 0 saturated carbocycles. The highest BCUT2D eigenvalue weighted by molar-refractivity contribution is 5.10. The highest BCUT2D eigenvalue weighted by atomic mass is 15.3. The van der Waals surface area contributed by atoms with Gasteiger partial charge in [-0.2, -0.15) is 5.10 Å². The molecule has 0 spiro atoms. The van der Waals surface area contributed by atoms with Crippen molar-refractivity contribution in [1.29, 1.82) is 0 Å². The second-order valence-corrected chi connectivity index (χ2v) is 5.53. The van der Waals surface area contributed by atoms with E-state index in [4.69, 9.17) is 5.73 Å². The Morgan fingerprint density at radius 3 is 2.53 bits per heavy atom. The van der Waals surface area contributed by atoms with Crippen LogP contribution in [0.2, 0.25) is 0 Å². The van der Waals surface area contributed by atoms with Crippen LogP contribution in [-0.4, -0.2) is 16.3 Å². The molecule has 1 aromatic heterocycles. The molecule has 0 bridgehead atoms. The third-order valence-electron chi connectivity index (χ3n) is 3.41. The minimum atomic E-state index is 0.257. The third kappa shape index (κ3) is 4.15. The van der Waals surface area contributed by atoms with Gasteiger partial charge in [-0.3, -0.25) is 4.68 Å². The van der Waals surface area contributed by atoms with Gasteiger partial charge in [-0.25, -0.2) is 0 Å². The Hall–Kier alpha value is -0.830. The SMILES string of the molecule is CCc1cc(CC)n(CCCC(C)(C)CN)n1. The maximum Gasteiger partial charge on any atom is 0.0624 e. The molecule has 17 heavy (non-hydrogen) atoms. The summed E-state index contributed by atoms with van der Waals surface area (Å²) >= 11 is 0. The minimum absolute atomic E-state index is 0.257. The smallest absolute Gasteiger partial charge is 0.0624 e. The molecule has 0 aromatic carbocycles. The Balaban J connectivity index is 2.54. The lowest BCUT2D eigenvalue weighted by Gasteiger charge is -2.22. The van der Waals surface area contributed by atoms with Gasteiger partial charge in [0.25, 0.3) is 0 Å². The summed E-state index contributed by atoms with van der Waals surface area (Å²) in [7, 11) is 0. The summed E-state index contributed by atoms with van der Waals surface area (Å²) in [5.41, 5.74) is 8.56. The fourth-order valence-corrected chi connectivity index (χ4v) is 1.98. The summed E-state index contributed by atoms with van der Waals surface area (Å²) in [6.07, 6.45) is 4.40. The lowest BCUT2D eigenvalue weighted by atomic mass is 9.88. The number of hydrogen-bond donors (Lipinski definition) is 1. The topological polar surface area (TPSA) is 43.8 Å². The standard InChI is InChI=1S/C14H27N3/c1-5-12-10-13(6-2)17(16-12)9-7-8-14(3,4)11-15/h10H,5-9,11,15H2,1-4H3. The minimum Gasteiger partial charge on any atom is -0.330 e. The fraction of sp³-hybridized carbons (Fsp3) is 0.786. The molecule has 0 saturated heterocycles. The van der Waals surface area contributed by atoms with Gasteiger partial charge in [-0.15, -0.1) is 0 Å². The van der Waals surface area contributed by atoms with Gasteiger partial charge < -0.3 is 5.73 Å². The van der Waals surface area contributed by atoms with Crippen LogP contribution in [0, 0.1) is 5.41 Å². The van der Waals surface area contributed by atoms with Crippen LogP contribution >= 0.6 is 0 Å². The molecule has 0 aliphatic carbocycles. The van der Waals surface area contributed by atoms with Crippen molar-refractivity contribution in [3.63, 3.8) is 0 Å². The van der Waals surface area contributed by atoms with Crippen molar-refractivity contribution < 1.29 is 0 Å². The van der Waals surface area contributed by atoms with Gasteiger partial charge in [-0.05, 0) is 43.7 Å². The molecule has 0 unspecified atom stereocenters. The Morgan fingerprint density at radius 1 is 1.29 bits per heavy atom. The van der Waals surface area contributed by atoms with E-state index in [1.807, 2.05) is 0 Å². The van der Waals surface area contributed by atoms with Gasteiger partial charge in [0.05, 0.1) is 5.69 Å². The van der Waals surface area contributed by atoms with Crippen molar-refractivity contribution in [2.24, 2.45) is 11.1 Å². The van der Waals surface area contributed by atoms with Gasteiger partial charge >= 0.3 is 0 Å². The summed E-state index contributed by atoms with van der Waals surface area (Å²) in [5, 5.41) is 4.63. The molecule has 0 radical (unpaired) electrons. The van der Waals surface area contributed by atoms with E-state index < -0.39 is 0 Å². The molecule has 1 aromatic rings. The molecule has 0 aliphatic heterocycles. The monoisotopic (exact) mass is 237 g/mol. The first kappa shape index (κ1) is 14.2. The predicted octanol–water partition coefficient (Wildman–Crippen LogP) is 2.77. The summed E-state index contributed by atoms with van der Waals surface area (Å²) in [5.74, 6) is 0. The molecule has 98 valence electrons. The lowest BCUT2D eigenvalue weighted by Crippen LogP contribution is -2.24. The number of hydrogen-bond acceptors (Lipinski definition) is 2. The van der Waals surface area contributed by atoms with Crippen LogP contribution in [0.4, 0.5) is 0 Å². The highest BCUT2D eigenvalue weighted by Gasteiger charge is 2.15. The van der Waals surface area contributed by atoms with Crippen LogP contribution in [0.3, 0.4) is 0 Å². The zero-order valence-electron chi connectivity index (χ0n) is 11.8. The number of aromatic nitrogens is 2. The fourth-order valence-electron chi connectivity index (χ4n) is 1.98. The molecule has 3 heteroatoms. The number of aryl methyl sites for hydroxylation is 3. The van der Waals surface area contributed by atoms with Crippen LogP contribution in [0.5, 0.6) is 0 Å². The Bertz CT molecular complexity index is 339. The van der Waals surface area contributed by atoms with Crippen LogP contribution < -0.4 is 5.73 Å². The Labute approximate surface area is 105 Å². The molecular formula is C14H27N3. The van der Waals surface area contributed by atoms with Crippen LogP contribution in [0.25, 0.3) is 0 Å². The average molecular weight is 237 g/mol. The average Bonchev–Trinajstić information content (AvgIpc) is 2.71. The second kappa shape index (κ2) is 6.20. The van der Waals surface area contributed by atoms with Gasteiger partial charge in [0, 0.05) is 12.2 Å². The number of nitrogens with two attached hydrogens (primary N) is 1. The summed E-state index contributed by atoms with van der Waals surface area (Å²) in [6.45, 7) is 10.6. The first-order valence-electron chi connectivity index (χ1n) is 6.78. The van der Waals surface area contributed by atoms with E-state index in [-0.39, 0.29) is 5.41 Å². The van der Waals surface area contributed by atoms with Crippen molar-refractivity contribution in [3.05, 3.63) is 17.5 Å². The van der Waals surface area contributed by atoms with Gasteiger partial charge in [0.2, 0.25) is 0 Å². The normalized spacial score (nSPS) is 12.1. The van der Waals surface area contributed by atoms with E-state index in [1.165, 1.54) is 11.4 Å². The zero-order chi connectivity index (χ0) is 12.9. The van der Waals surface area contributed by atoms with Crippen molar-refractivity contribution in [2.75, 3.05) is 6.54 Å². The summed E-state index contributed by atoms with van der Waals surface area (Å²) in [4.78, 5) is 0. The van der Waals surface area contributed by atoms with E-state index in [0.717, 1.165) is 38.8 Å². The molecule has 3 nitrogen and oxygen atoms in total. The van der Waals surface area contributed by atoms with E-state index in [2.05, 4.69) is 43.5 Å². The third-order valence-corrected chi connectivity index (χ3v) is 3.41. The first-order chi connectivity index (χ1) is 8.02. The van der Waals surface area contributed by atoms with E-state index in [9.17, 15) is 0 Å².